The molecule has 4 aliphatic rings. The van der Waals surface area contributed by atoms with Crippen molar-refractivity contribution in [3.63, 3.8) is 0 Å². The molecule has 2 saturated carbocycles. The van der Waals surface area contributed by atoms with E-state index in [0.29, 0.717) is 5.92 Å². The molecule has 2 aliphatic heterocycles. The van der Waals surface area contributed by atoms with Crippen LogP contribution in [0.1, 0.15) is 33.6 Å². The van der Waals surface area contributed by atoms with Gasteiger partial charge in [-0.25, -0.2) is 0 Å². The van der Waals surface area contributed by atoms with Gasteiger partial charge in [-0.2, -0.15) is 0 Å². The van der Waals surface area contributed by atoms with Crippen molar-refractivity contribution < 1.29 is 24.1 Å². The minimum absolute atomic E-state index is 0.00355. The first-order valence-electron chi connectivity index (χ1n) is 7.67. The molecule has 4 rings (SSSR count). The summed E-state index contributed by atoms with van der Waals surface area (Å²) < 4.78 is 17.0. The Hall–Kier alpha value is -0.650. The maximum absolute atomic E-state index is 11.8. The van der Waals surface area contributed by atoms with Crippen LogP contribution in [-0.4, -0.2) is 41.3 Å². The molecule has 20 heavy (non-hydrogen) atoms. The third kappa shape index (κ3) is 1.46. The second-order valence-corrected chi connectivity index (χ2v) is 7.28. The Morgan fingerprint density at radius 2 is 2.20 bits per heavy atom. The zero-order valence-corrected chi connectivity index (χ0v) is 12.1. The molecule has 2 saturated heterocycles. The van der Waals surface area contributed by atoms with Crippen LogP contribution in [0.2, 0.25) is 0 Å². The fourth-order valence-corrected chi connectivity index (χ4v) is 4.61. The molecule has 0 aromatic heterocycles. The highest BCUT2D eigenvalue weighted by molar-refractivity contribution is 5.78. The van der Waals surface area contributed by atoms with Crippen molar-refractivity contribution in [1.82, 2.24) is 0 Å². The van der Waals surface area contributed by atoms with Crippen LogP contribution in [0.15, 0.2) is 0 Å². The monoisotopic (exact) mass is 282 g/mol. The lowest BCUT2D eigenvalue weighted by Gasteiger charge is -2.45. The van der Waals surface area contributed by atoms with E-state index in [0.717, 1.165) is 12.8 Å². The molecule has 0 aromatic carbocycles. The minimum Gasteiger partial charge on any atom is -0.459 e. The van der Waals surface area contributed by atoms with E-state index in [4.69, 9.17) is 14.2 Å². The van der Waals surface area contributed by atoms with Gasteiger partial charge in [-0.1, -0.05) is 20.8 Å². The molecule has 8 atom stereocenters. The first-order valence-corrected chi connectivity index (χ1v) is 7.67. The second-order valence-electron chi connectivity index (χ2n) is 7.28. The molecule has 5 heteroatoms. The van der Waals surface area contributed by atoms with Crippen molar-refractivity contribution in [3.8, 4) is 0 Å². The predicted octanol–water partition coefficient (Wildman–Crippen LogP) is 1.08. The number of esters is 1. The molecule has 1 spiro atoms. The van der Waals surface area contributed by atoms with Gasteiger partial charge in [0.1, 0.15) is 17.8 Å². The molecule has 8 unspecified atom stereocenters. The van der Waals surface area contributed by atoms with E-state index in [1.165, 1.54) is 0 Å². The minimum atomic E-state index is -0.819. The highest BCUT2D eigenvalue weighted by atomic mass is 16.7. The maximum Gasteiger partial charge on any atom is 0.309 e. The topological polar surface area (TPSA) is 68.3 Å². The van der Waals surface area contributed by atoms with Crippen LogP contribution in [-0.2, 0) is 19.0 Å². The fourth-order valence-electron chi connectivity index (χ4n) is 4.61. The normalized spacial score (nSPS) is 50.2. The van der Waals surface area contributed by atoms with Crippen molar-refractivity contribution in [2.75, 3.05) is 0 Å². The van der Waals surface area contributed by atoms with Gasteiger partial charge in [-0.05, 0) is 18.8 Å². The van der Waals surface area contributed by atoms with E-state index < -0.39 is 6.29 Å². The molecule has 112 valence electrons. The van der Waals surface area contributed by atoms with E-state index in [2.05, 4.69) is 13.8 Å². The lowest BCUT2D eigenvalue weighted by molar-refractivity contribution is -0.253. The van der Waals surface area contributed by atoms with Crippen molar-refractivity contribution in [3.05, 3.63) is 0 Å². The number of carbonyl (C=O) groups is 1. The Labute approximate surface area is 118 Å². The first kappa shape index (κ1) is 13.0. The van der Waals surface area contributed by atoms with Crippen molar-refractivity contribution >= 4 is 5.97 Å². The number of hydrogen-bond acceptors (Lipinski definition) is 5. The largest absolute Gasteiger partial charge is 0.459 e. The summed E-state index contributed by atoms with van der Waals surface area (Å²) in [5.41, 5.74) is -0.319. The van der Waals surface area contributed by atoms with E-state index in [1.807, 2.05) is 6.92 Å². The highest BCUT2D eigenvalue weighted by Crippen LogP contribution is 2.71. The molecule has 0 amide bonds. The number of ether oxygens (including phenoxy) is 3. The van der Waals surface area contributed by atoms with E-state index in [-0.39, 0.29) is 47.6 Å². The Bertz CT molecular complexity index is 450. The van der Waals surface area contributed by atoms with Gasteiger partial charge in [0, 0.05) is 11.8 Å². The Morgan fingerprint density at radius 1 is 1.45 bits per heavy atom. The Balaban J connectivity index is 1.45. The summed E-state index contributed by atoms with van der Waals surface area (Å²) in [6.07, 6.45) is 0.499. The quantitative estimate of drug-likeness (QED) is 0.464. The average molecular weight is 282 g/mol. The third-order valence-electron chi connectivity index (χ3n) is 5.48. The molecule has 0 aromatic rings. The molecular formula is C15H22O5. The van der Waals surface area contributed by atoms with Crippen LogP contribution < -0.4 is 0 Å². The van der Waals surface area contributed by atoms with E-state index in [1.54, 1.807) is 0 Å². The van der Waals surface area contributed by atoms with Gasteiger partial charge in [0.2, 0.25) is 0 Å². The van der Waals surface area contributed by atoms with Gasteiger partial charge in [0.25, 0.3) is 0 Å². The molecule has 1 N–H and O–H groups in total. The third-order valence-corrected chi connectivity index (χ3v) is 5.48. The zero-order valence-electron chi connectivity index (χ0n) is 12.1. The average Bonchev–Trinajstić information content (AvgIpc) is 2.91. The van der Waals surface area contributed by atoms with Crippen LogP contribution in [0.3, 0.4) is 0 Å². The Morgan fingerprint density at radius 3 is 2.90 bits per heavy atom. The molecule has 2 aliphatic carbocycles. The summed E-state index contributed by atoms with van der Waals surface area (Å²) in [4.78, 5) is 11.8. The summed E-state index contributed by atoms with van der Waals surface area (Å²) in [6, 6.07) is 0. The number of carbonyl (C=O) groups excluding carboxylic acids is 1. The van der Waals surface area contributed by atoms with Gasteiger partial charge in [0.15, 0.2) is 6.29 Å². The highest BCUT2D eigenvalue weighted by Gasteiger charge is 2.87. The van der Waals surface area contributed by atoms with Gasteiger partial charge in [-0.15, -0.1) is 0 Å². The number of hydrogen-bond donors (Lipinski definition) is 1. The SMILES string of the molecule is CC(C)CC(C)C(O)OC1C2OC(=O)C3CC4OC41C32. The van der Waals surface area contributed by atoms with Crippen LogP contribution in [0, 0.1) is 23.7 Å². The van der Waals surface area contributed by atoms with Crippen molar-refractivity contribution in [2.24, 2.45) is 23.7 Å². The molecular weight excluding hydrogens is 260 g/mol. The number of aliphatic hydroxyl groups excluding tert-OH is 1. The van der Waals surface area contributed by atoms with E-state index in [9.17, 15) is 9.90 Å². The Kier molecular flexibility index (Phi) is 2.58. The maximum atomic E-state index is 11.8. The van der Waals surface area contributed by atoms with Gasteiger partial charge in [0.05, 0.1) is 12.0 Å². The van der Waals surface area contributed by atoms with Crippen molar-refractivity contribution in [2.45, 2.75) is 63.8 Å². The molecule has 0 radical (unpaired) electrons. The van der Waals surface area contributed by atoms with Crippen molar-refractivity contribution in [1.29, 1.82) is 0 Å². The van der Waals surface area contributed by atoms with Crippen LogP contribution >= 0.6 is 0 Å². The summed E-state index contributed by atoms with van der Waals surface area (Å²) >= 11 is 0. The van der Waals surface area contributed by atoms with Gasteiger partial charge < -0.3 is 19.3 Å². The predicted molar refractivity (Wildman–Crippen MR) is 68.6 cm³/mol. The van der Waals surface area contributed by atoms with Gasteiger partial charge in [-0.3, -0.25) is 4.79 Å². The molecule has 5 nitrogen and oxygen atoms in total. The molecule has 2 heterocycles. The van der Waals surface area contributed by atoms with Crippen LogP contribution in [0.5, 0.6) is 0 Å². The fraction of sp³-hybridized carbons (Fsp3) is 0.933. The zero-order chi connectivity index (χ0) is 14.2. The lowest BCUT2D eigenvalue weighted by Crippen LogP contribution is -2.63. The van der Waals surface area contributed by atoms with Crippen LogP contribution in [0.4, 0.5) is 0 Å². The number of rotatable bonds is 5. The summed E-state index contributed by atoms with van der Waals surface area (Å²) in [5.74, 6) is 0.644. The lowest BCUT2D eigenvalue weighted by atomic mass is 9.67. The van der Waals surface area contributed by atoms with E-state index >= 15 is 0 Å². The summed E-state index contributed by atoms with van der Waals surface area (Å²) in [6.45, 7) is 6.24. The number of epoxide rings is 1. The summed E-state index contributed by atoms with van der Waals surface area (Å²) in [5, 5.41) is 10.2. The van der Waals surface area contributed by atoms with Crippen LogP contribution in [0.25, 0.3) is 0 Å². The molecule has 0 bridgehead atoms. The first-order chi connectivity index (χ1) is 9.45. The summed E-state index contributed by atoms with van der Waals surface area (Å²) in [7, 11) is 0. The molecule has 4 fully saturated rings. The standard InChI is InChI=1S/C15H22O5/c1-6(2)4-7(3)13(16)19-12-11-10-8(14(17)18-11)5-9-15(10,12)20-9/h6-13,16H,4-5H2,1-3H3. The number of aliphatic hydroxyl groups is 1. The smallest absolute Gasteiger partial charge is 0.309 e. The second kappa shape index (κ2) is 3.96. The van der Waals surface area contributed by atoms with Gasteiger partial charge >= 0.3 is 5.97 Å².